The van der Waals surface area contributed by atoms with Crippen LogP contribution in [0.4, 0.5) is 0 Å². The summed E-state index contributed by atoms with van der Waals surface area (Å²) in [5.74, 6) is -1.23. The Kier molecular flexibility index (Phi) is 7.82. The minimum atomic E-state index is -0.570. The molecule has 0 aliphatic carbocycles. The van der Waals surface area contributed by atoms with Gasteiger partial charge in [-0.25, -0.2) is 0 Å². The number of esters is 1. The van der Waals surface area contributed by atoms with Crippen LogP contribution < -0.4 is 10.6 Å². The molecule has 2 amide bonds. The van der Waals surface area contributed by atoms with Gasteiger partial charge in [0.2, 0.25) is 5.91 Å². The van der Waals surface area contributed by atoms with Crippen molar-refractivity contribution in [3.8, 4) is 0 Å². The third-order valence-electron chi connectivity index (χ3n) is 3.72. The van der Waals surface area contributed by atoms with Crippen LogP contribution in [0, 0.1) is 0 Å². The van der Waals surface area contributed by atoms with E-state index in [9.17, 15) is 14.4 Å². The number of carbonyl (C=O) groups excluding carboxylic acids is 3. The maximum atomic E-state index is 12.1. The third kappa shape index (κ3) is 7.50. The Morgan fingerprint density at radius 2 is 1.70 bits per heavy atom. The molecule has 2 aromatic rings. The first-order valence-corrected chi connectivity index (χ1v) is 8.80. The lowest BCUT2D eigenvalue weighted by Crippen LogP contribution is -2.31. The standard InChI is InChI=1S/C20H21ClN2O4/c1-14(24)23-18(16-5-3-2-4-6-16)11-20(26)27-13-19(25)22-12-15-7-9-17(21)10-8-15/h2-10,18H,11-13H2,1H3,(H,22,25)(H,23,24)/t18-/m1/s1. The molecule has 6 nitrogen and oxygen atoms in total. The van der Waals surface area contributed by atoms with E-state index in [0.717, 1.165) is 11.1 Å². The molecule has 0 saturated heterocycles. The van der Waals surface area contributed by atoms with Gasteiger partial charge in [-0.15, -0.1) is 0 Å². The number of halogens is 1. The number of amides is 2. The Morgan fingerprint density at radius 3 is 2.33 bits per heavy atom. The topological polar surface area (TPSA) is 84.5 Å². The fourth-order valence-electron chi connectivity index (χ4n) is 2.41. The smallest absolute Gasteiger partial charge is 0.308 e. The van der Waals surface area contributed by atoms with Crippen LogP contribution in [0.25, 0.3) is 0 Å². The van der Waals surface area contributed by atoms with E-state index in [-0.39, 0.29) is 18.9 Å². The van der Waals surface area contributed by atoms with Crippen molar-refractivity contribution in [1.29, 1.82) is 0 Å². The minimum absolute atomic E-state index is 0.0615. The van der Waals surface area contributed by atoms with E-state index in [4.69, 9.17) is 16.3 Å². The number of benzene rings is 2. The van der Waals surface area contributed by atoms with Gasteiger partial charge in [-0.05, 0) is 23.3 Å². The van der Waals surface area contributed by atoms with Gasteiger partial charge >= 0.3 is 5.97 Å². The van der Waals surface area contributed by atoms with Crippen LogP contribution in [0.2, 0.25) is 5.02 Å². The van der Waals surface area contributed by atoms with E-state index in [1.165, 1.54) is 6.92 Å². The Hall–Kier alpha value is -2.86. The van der Waals surface area contributed by atoms with Crippen molar-refractivity contribution in [3.63, 3.8) is 0 Å². The zero-order valence-corrected chi connectivity index (χ0v) is 15.7. The van der Waals surface area contributed by atoms with E-state index >= 15 is 0 Å². The zero-order chi connectivity index (χ0) is 19.6. The van der Waals surface area contributed by atoms with Gasteiger partial charge in [0.15, 0.2) is 6.61 Å². The molecule has 2 rings (SSSR count). The van der Waals surface area contributed by atoms with Crippen molar-refractivity contribution in [2.24, 2.45) is 0 Å². The third-order valence-corrected chi connectivity index (χ3v) is 3.97. The van der Waals surface area contributed by atoms with Crippen molar-refractivity contribution >= 4 is 29.4 Å². The molecule has 1 atom stereocenters. The molecule has 0 bridgehead atoms. The van der Waals surface area contributed by atoms with E-state index < -0.39 is 17.9 Å². The lowest BCUT2D eigenvalue weighted by molar-refractivity contribution is -0.149. The van der Waals surface area contributed by atoms with Crippen LogP contribution in [0.1, 0.15) is 30.5 Å². The van der Waals surface area contributed by atoms with Gasteiger partial charge < -0.3 is 15.4 Å². The molecule has 0 fully saturated rings. The summed E-state index contributed by atoms with van der Waals surface area (Å²) in [5.41, 5.74) is 1.67. The summed E-state index contributed by atoms with van der Waals surface area (Å²) < 4.78 is 5.02. The Labute approximate surface area is 162 Å². The maximum Gasteiger partial charge on any atom is 0.308 e. The highest BCUT2D eigenvalue weighted by molar-refractivity contribution is 6.30. The second-order valence-electron chi connectivity index (χ2n) is 5.93. The molecule has 2 aromatic carbocycles. The van der Waals surface area contributed by atoms with E-state index in [2.05, 4.69) is 10.6 Å². The van der Waals surface area contributed by atoms with Crippen LogP contribution in [0.15, 0.2) is 54.6 Å². The Balaban J connectivity index is 1.80. The first kappa shape index (κ1) is 20.5. The molecule has 0 spiro atoms. The molecule has 2 N–H and O–H groups in total. The van der Waals surface area contributed by atoms with Crippen molar-refractivity contribution in [1.82, 2.24) is 10.6 Å². The number of hydrogen-bond acceptors (Lipinski definition) is 4. The number of carbonyl (C=O) groups is 3. The molecule has 142 valence electrons. The van der Waals surface area contributed by atoms with Crippen molar-refractivity contribution in [2.75, 3.05) is 6.61 Å². The largest absolute Gasteiger partial charge is 0.456 e. The van der Waals surface area contributed by atoms with Crippen LogP contribution in [-0.4, -0.2) is 24.4 Å². The lowest BCUT2D eigenvalue weighted by atomic mass is 10.0. The van der Waals surface area contributed by atoms with Crippen LogP contribution in [-0.2, 0) is 25.7 Å². The predicted molar refractivity (Wildman–Crippen MR) is 102 cm³/mol. The summed E-state index contributed by atoms with van der Waals surface area (Å²) in [7, 11) is 0. The van der Waals surface area contributed by atoms with Crippen LogP contribution in [0.5, 0.6) is 0 Å². The van der Waals surface area contributed by atoms with Crippen LogP contribution in [0.3, 0.4) is 0 Å². The second-order valence-corrected chi connectivity index (χ2v) is 6.37. The van der Waals surface area contributed by atoms with Gasteiger partial charge in [0.1, 0.15) is 0 Å². The highest BCUT2D eigenvalue weighted by Gasteiger charge is 2.18. The van der Waals surface area contributed by atoms with Crippen molar-refractivity contribution < 1.29 is 19.1 Å². The van der Waals surface area contributed by atoms with Crippen LogP contribution >= 0.6 is 11.6 Å². The number of ether oxygens (including phenoxy) is 1. The van der Waals surface area contributed by atoms with Gasteiger partial charge in [0.25, 0.3) is 5.91 Å². The average Bonchev–Trinajstić information content (AvgIpc) is 2.66. The maximum absolute atomic E-state index is 12.1. The fourth-order valence-corrected chi connectivity index (χ4v) is 2.53. The van der Waals surface area contributed by atoms with Gasteiger partial charge in [0, 0.05) is 18.5 Å². The molecule has 0 aliphatic rings. The Bertz CT molecular complexity index is 778. The zero-order valence-electron chi connectivity index (χ0n) is 14.9. The second kappa shape index (κ2) is 10.3. The summed E-state index contributed by atoms with van der Waals surface area (Å²) in [6.07, 6.45) is -0.0615. The summed E-state index contributed by atoms with van der Waals surface area (Å²) >= 11 is 5.81. The molecule has 0 unspecified atom stereocenters. The lowest BCUT2D eigenvalue weighted by Gasteiger charge is -2.17. The molecule has 27 heavy (non-hydrogen) atoms. The molecular weight excluding hydrogens is 368 g/mol. The van der Waals surface area contributed by atoms with Crippen molar-refractivity contribution in [2.45, 2.75) is 25.9 Å². The summed E-state index contributed by atoms with van der Waals surface area (Å²) in [4.78, 5) is 35.3. The Morgan fingerprint density at radius 1 is 1.04 bits per heavy atom. The molecule has 0 radical (unpaired) electrons. The van der Waals surface area contributed by atoms with E-state index in [1.54, 1.807) is 24.3 Å². The first-order valence-electron chi connectivity index (χ1n) is 8.43. The number of nitrogens with one attached hydrogen (secondary N) is 2. The fraction of sp³-hybridized carbons (Fsp3) is 0.250. The van der Waals surface area contributed by atoms with Crippen molar-refractivity contribution in [3.05, 3.63) is 70.7 Å². The normalized spacial score (nSPS) is 11.3. The molecular formula is C20H21ClN2O4. The monoisotopic (exact) mass is 388 g/mol. The van der Waals surface area contributed by atoms with Gasteiger partial charge in [0.05, 0.1) is 12.5 Å². The molecule has 0 aromatic heterocycles. The van der Waals surface area contributed by atoms with E-state index in [1.807, 2.05) is 30.3 Å². The van der Waals surface area contributed by atoms with Gasteiger partial charge in [-0.1, -0.05) is 54.1 Å². The molecule has 0 aliphatic heterocycles. The summed E-state index contributed by atoms with van der Waals surface area (Å²) in [6, 6.07) is 15.7. The highest BCUT2D eigenvalue weighted by Crippen LogP contribution is 2.17. The molecule has 7 heteroatoms. The SMILES string of the molecule is CC(=O)N[C@H](CC(=O)OCC(=O)NCc1ccc(Cl)cc1)c1ccccc1. The predicted octanol–water partition coefficient (Wildman–Crippen LogP) is 2.77. The molecule has 0 saturated carbocycles. The minimum Gasteiger partial charge on any atom is -0.456 e. The van der Waals surface area contributed by atoms with Gasteiger partial charge in [-0.2, -0.15) is 0 Å². The average molecular weight is 389 g/mol. The van der Waals surface area contributed by atoms with E-state index in [0.29, 0.717) is 11.6 Å². The number of hydrogen-bond donors (Lipinski definition) is 2. The summed E-state index contributed by atoms with van der Waals surface area (Å²) in [6.45, 7) is 1.31. The quantitative estimate of drug-likeness (QED) is 0.681. The first-order chi connectivity index (χ1) is 12.9. The van der Waals surface area contributed by atoms with Gasteiger partial charge in [-0.3, -0.25) is 14.4 Å². The number of rotatable bonds is 8. The summed E-state index contributed by atoms with van der Waals surface area (Å²) in [5, 5.41) is 5.99. The molecule has 0 heterocycles. The highest BCUT2D eigenvalue weighted by atomic mass is 35.5.